The summed E-state index contributed by atoms with van der Waals surface area (Å²) in [5.41, 5.74) is 0.756. The summed E-state index contributed by atoms with van der Waals surface area (Å²) in [4.78, 5) is 0.340. The van der Waals surface area contributed by atoms with E-state index >= 15 is 0 Å². The quantitative estimate of drug-likeness (QED) is 0.588. The fourth-order valence-corrected chi connectivity index (χ4v) is 1.94. The molecule has 0 aliphatic rings. The first-order valence-electron chi connectivity index (χ1n) is 3.57. The number of benzene rings is 1. The molecule has 0 atom stereocenters. The Kier molecular flexibility index (Phi) is 2.54. The maximum Gasteiger partial charge on any atom is 0.239 e. The van der Waals surface area contributed by atoms with Crippen molar-refractivity contribution in [1.29, 1.82) is 0 Å². The van der Waals surface area contributed by atoms with Crippen molar-refractivity contribution in [1.82, 2.24) is 4.72 Å². The van der Waals surface area contributed by atoms with Crippen LogP contribution in [0.25, 0.3) is 0 Å². The Labute approximate surface area is 73.3 Å². The largest absolute Gasteiger partial charge is 0.239 e. The number of rotatable bonds is 2. The Balaban J connectivity index is 3.30. The van der Waals surface area contributed by atoms with Gasteiger partial charge < -0.3 is 0 Å². The lowest BCUT2D eigenvalue weighted by molar-refractivity contribution is 0.589. The molecule has 12 heavy (non-hydrogen) atoms. The van der Waals surface area contributed by atoms with E-state index in [0.717, 1.165) is 5.46 Å². The molecule has 1 aromatic rings. The summed E-state index contributed by atoms with van der Waals surface area (Å²) in [6.07, 6.45) is 0. The second-order valence-electron chi connectivity index (χ2n) is 2.47. The minimum Gasteiger partial charge on any atom is -0.214 e. The summed E-state index contributed by atoms with van der Waals surface area (Å²) in [7, 11) is -0.106. The molecule has 0 bridgehead atoms. The molecule has 0 heterocycles. The van der Waals surface area contributed by atoms with E-state index in [-0.39, 0.29) is 0 Å². The number of nitrogens with one attached hydrogen (secondary N) is 1. The third-order valence-corrected chi connectivity index (χ3v) is 3.23. The summed E-state index contributed by atoms with van der Waals surface area (Å²) in [5, 5.41) is 0. The molecule has 0 fully saturated rings. The van der Waals surface area contributed by atoms with Crippen molar-refractivity contribution in [3.8, 4) is 0 Å². The van der Waals surface area contributed by atoms with Gasteiger partial charge in [0.25, 0.3) is 0 Å². The molecule has 0 amide bonds. The van der Waals surface area contributed by atoms with Crippen molar-refractivity contribution < 1.29 is 8.42 Å². The van der Waals surface area contributed by atoms with Gasteiger partial charge in [-0.2, -0.15) is 0 Å². The van der Waals surface area contributed by atoms with Crippen LogP contribution < -0.4 is 10.2 Å². The Bertz CT molecular complexity index is 375. The normalized spacial score (nSPS) is 11.4. The zero-order valence-electron chi connectivity index (χ0n) is 7.03. The van der Waals surface area contributed by atoms with Crippen LogP contribution in [0.1, 0.15) is 0 Å². The molecule has 3 nitrogen and oxygen atoms in total. The topological polar surface area (TPSA) is 46.2 Å². The highest BCUT2D eigenvalue weighted by Gasteiger charge is 2.12. The standard InChI is InChI=1S/C7H10BNO2S/c1-9-12(10,11)7-5-3-2-4-6(7)8/h2-5,9H,8H2,1H3. The van der Waals surface area contributed by atoms with Gasteiger partial charge in [0.2, 0.25) is 10.0 Å². The molecule has 0 saturated heterocycles. The van der Waals surface area contributed by atoms with E-state index in [2.05, 4.69) is 4.72 Å². The first-order valence-corrected chi connectivity index (χ1v) is 5.05. The molecule has 0 aromatic heterocycles. The summed E-state index contributed by atoms with van der Waals surface area (Å²) in [6, 6.07) is 6.87. The van der Waals surface area contributed by atoms with Crippen LogP contribution in [0.15, 0.2) is 29.2 Å². The van der Waals surface area contributed by atoms with E-state index in [4.69, 9.17) is 0 Å². The Morgan fingerprint density at radius 1 is 1.33 bits per heavy atom. The summed E-state index contributed by atoms with van der Waals surface area (Å²) in [5.74, 6) is 0. The van der Waals surface area contributed by atoms with Crippen molar-refractivity contribution in [2.24, 2.45) is 0 Å². The van der Waals surface area contributed by atoms with Gasteiger partial charge >= 0.3 is 0 Å². The van der Waals surface area contributed by atoms with E-state index in [1.54, 1.807) is 26.0 Å². The average Bonchev–Trinajstić information content (AvgIpc) is 2.05. The van der Waals surface area contributed by atoms with Crippen LogP contribution in [0, 0.1) is 0 Å². The Morgan fingerprint density at radius 2 is 1.92 bits per heavy atom. The average molecular weight is 183 g/mol. The molecule has 0 aliphatic carbocycles. The van der Waals surface area contributed by atoms with Gasteiger partial charge in [0.1, 0.15) is 7.85 Å². The van der Waals surface area contributed by atoms with Crippen LogP contribution in [0.3, 0.4) is 0 Å². The monoisotopic (exact) mass is 183 g/mol. The smallest absolute Gasteiger partial charge is 0.214 e. The SMILES string of the molecule is Bc1ccccc1S(=O)(=O)NC. The van der Waals surface area contributed by atoms with Crippen LogP contribution >= 0.6 is 0 Å². The molecule has 1 N–H and O–H groups in total. The summed E-state index contributed by atoms with van der Waals surface area (Å²) < 4.78 is 24.9. The van der Waals surface area contributed by atoms with Crippen LogP contribution in [0.5, 0.6) is 0 Å². The fraction of sp³-hybridized carbons (Fsp3) is 0.143. The molecule has 5 heteroatoms. The van der Waals surface area contributed by atoms with Crippen LogP contribution in [-0.2, 0) is 10.0 Å². The first-order chi connectivity index (χ1) is 5.58. The maximum atomic E-state index is 11.3. The third kappa shape index (κ3) is 1.68. The van der Waals surface area contributed by atoms with Crippen molar-refractivity contribution >= 4 is 23.3 Å². The van der Waals surface area contributed by atoms with Crippen LogP contribution in [0.4, 0.5) is 0 Å². The molecule has 0 spiro atoms. The van der Waals surface area contributed by atoms with Crippen molar-refractivity contribution in [2.45, 2.75) is 4.90 Å². The third-order valence-electron chi connectivity index (χ3n) is 1.65. The number of sulfonamides is 1. The van der Waals surface area contributed by atoms with E-state index in [1.165, 1.54) is 7.05 Å². The van der Waals surface area contributed by atoms with Gasteiger partial charge in [0.15, 0.2) is 0 Å². The van der Waals surface area contributed by atoms with E-state index < -0.39 is 10.0 Å². The van der Waals surface area contributed by atoms with E-state index in [0.29, 0.717) is 4.90 Å². The molecule has 0 saturated carbocycles. The van der Waals surface area contributed by atoms with E-state index in [9.17, 15) is 8.42 Å². The summed E-state index contributed by atoms with van der Waals surface area (Å²) >= 11 is 0. The first kappa shape index (κ1) is 9.28. The maximum absolute atomic E-state index is 11.3. The van der Waals surface area contributed by atoms with Crippen molar-refractivity contribution in [3.05, 3.63) is 24.3 Å². The fourth-order valence-electron chi connectivity index (χ4n) is 0.968. The lowest BCUT2D eigenvalue weighted by atomic mass is 9.97. The zero-order chi connectivity index (χ0) is 9.19. The molecule has 64 valence electrons. The lowest BCUT2D eigenvalue weighted by Gasteiger charge is -2.04. The molecular formula is C7H10BNO2S. The van der Waals surface area contributed by atoms with Gasteiger partial charge in [-0.15, -0.1) is 0 Å². The van der Waals surface area contributed by atoms with Crippen LogP contribution in [0.2, 0.25) is 0 Å². The van der Waals surface area contributed by atoms with Gasteiger partial charge in [-0.1, -0.05) is 23.7 Å². The molecule has 1 rings (SSSR count). The molecule has 0 aliphatic heterocycles. The number of hydrogen-bond acceptors (Lipinski definition) is 2. The van der Waals surface area contributed by atoms with Gasteiger partial charge in [0, 0.05) is 0 Å². The molecule has 1 aromatic carbocycles. The highest BCUT2D eigenvalue weighted by atomic mass is 32.2. The van der Waals surface area contributed by atoms with Crippen molar-refractivity contribution in [3.63, 3.8) is 0 Å². The summed E-state index contributed by atoms with van der Waals surface area (Å²) in [6.45, 7) is 0. The predicted octanol–water partition coefficient (Wildman–Crippen LogP) is -1.15. The van der Waals surface area contributed by atoms with Gasteiger partial charge in [0.05, 0.1) is 4.90 Å². The van der Waals surface area contributed by atoms with Gasteiger partial charge in [-0.25, -0.2) is 13.1 Å². The lowest BCUT2D eigenvalue weighted by Crippen LogP contribution is -2.25. The zero-order valence-corrected chi connectivity index (χ0v) is 7.85. The van der Waals surface area contributed by atoms with Gasteiger partial charge in [-0.3, -0.25) is 0 Å². The highest BCUT2D eigenvalue weighted by molar-refractivity contribution is 7.89. The predicted molar refractivity (Wildman–Crippen MR) is 50.9 cm³/mol. The van der Waals surface area contributed by atoms with Gasteiger partial charge in [-0.05, 0) is 13.1 Å². The minimum absolute atomic E-state index is 0.340. The second-order valence-corrected chi connectivity index (χ2v) is 4.33. The Morgan fingerprint density at radius 3 is 2.42 bits per heavy atom. The molecular weight excluding hydrogens is 173 g/mol. The highest BCUT2D eigenvalue weighted by Crippen LogP contribution is 2.02. The number of hydrogen-bond donors (Lipinski definition) is 1. The van der Waals surface area contributed by atoms with E-state index in [1.807, 2.05) is 6.07 Å². The minimum atomic E-state index is -3.28. The Hall–Kier alpha value is -0.805. The second kappa shape index (κ2) is 3.29. The van der Waals surface area contributed by atoms with Crippen molar-refractivity contribution in [2.75, 3.05) is 7.05 Å². The molecule has 0 radical (unpaired) electrons. The molecule has 0 unspecified atom stereocenters. The van der Waals surface area contributed by atoms with Crippen LogP contribution in [-0.4, -0.2) is 23.3 Å².